The summed E-state index contributed by atoms with van der Waals surface area (Å²) in [5.41, 5.74) is 0.871. The van der Waals surface area contributed by atoms with Crippen molar-refractivity contribution in [2.75, 3.05) is 5.32 Å². The van der Waals surface area contributed by atoms with Crippen LogP contribution in [0.2, 0.25) is 0 Å². The Balaban J connectivity index is 0.00000121. The fourth-order valence-corrected chi connectivity index (χ4v) is 1.32. The minimum Gasteiger partial charge on any atom is -0.147 e. The number of rotatable bonds is 1. The van der Waals surface area contributed by atoms with Gasteiger partial charge in [-0.25, -0.2) is 0 Å². The van der Waals surface area contributed by atoms with Crippen molar-refractivity contribution in [3.05, 3.63) is 24.3 Å². The number of benzene rings is 1. The number of hydrogen-bond acceptors (Lipinski definition) is 1. The predicted octanol–water partition coefficient (Wildman–Crippen LogP) is 0.325. The molecule has 0 aliphatic carbocycles. The van der Waals surface area contributed by atoms with Crippen molar-refractivity contribution in [3.63, 3.8) is 0 Å². The molecule has 0 atom stereocenters. The molecule has 1 amide bonds. The predicted molar refractivity (Wildman–Crippen MR) is 56.2 cm³/mol. The van der Waals surface area contributed by atoms with E-state index in [0.29, 0.717) is 0 Å². The van der Waals surface area contributed by atoms with E-state index in [2.05, 4.69) is 5.32 Å². The SMILES string of the molecule is CC(=O)Nc1cc[c]([SbH2])cc1.Cl. The van der Waals surface area contributed by atoms with Crippen LogP contribution in [0.25, 0.3) is 0 Å². The van der Waals surface area contributed by atoms with Crippen molar-refractivity contribution in [2.45, 2.75) is 6.92 Å². The van der Waals surface area contributed by atoms with Crippen LogP contribution in [0.15, 0.2) is 24.3 Å². The Hall–Kier alpha value is -0.202. The topological polar surface area (TPSA) is 29.1 Å². The molecule has 0 spiro atoms. The van der Waals surface area contributed by atoms with E-state index in [1.807, 2.05) is 24.3 Å². The summed E-state index contributed by atoms with van der Waals surface area (Å²) in [5, 5.41) is 2.71. The van der Waals surface area contributed by atoms with E-state index in [1.54, 1.807) is 0 Å². The van der Waals surface area contributed by atoms with E-state index >= 15 is 0 Å². The third-order valence-corrected chi connectivity index (χ3v) is 2.33. The van der Waals surface area contributed by atoms with Crippen molar-refractivity contribution >= 4 is 50.5 Å². The monoisotopic (exact) mass is 293 g/mol. The Labute approximate surface area is 91.6 Å². The van der Waals surface area contributed by atoms with E-state index in [1.165, 1.54) is 10.4 Å². The molecular weight excluding hydrogens is 283 g/mol. The number of carbonyl (C=O) groups excluding carboxylic acids is 1. The zero-order valence-corrected chi connectivity index (χ0v) is 10.8. The summed E-state index contributed by atoms with van der Waals surface area (Å²) in [5.74, 6) is -0.0229. The van der Waals surface area contributed by atoms with Gasteiger partial charge in [0, 0.05) is 0 Å². The summed E-state index contributed by atoms with van der Waals surface area (Å²) < 4.78 is 1.32. The van der Waals surface area contributed by atoms with Crippen molar-refractivity contribution in [1.82, 2.24) is 0 Å². The summed E-state index contributed by atoms with van der Waals surface area (Å²) >= 11 is 1.12. The maximum absolute atomic E-state index is 10.6. The summed E-state index contributed by atoms with van der Waals surface area (Å²) in [7, 11) is 0. The van der Waals surface area contributed by atoms with E-state index in [-0.39, 0.29) is 18.3 Å². The molecule has 0 radical (unpaired) electrons. The van der Waals surface area contributed by atoms with Gasteiger partial charge >= 0.3 is 79.4 Å². The average molecular weight is 294 g/mol. The molecule has 0 aromatic heterocycles. The number of carbonyl (C=O) groups is 1. The van der Waals surface area contributed by atoms with Crippen molar-refractivity contribution in [2.24, 2.45) is 0 Å². The molecule has 0 heterocycles. The van der Waals surface area contributed by atoms with Crippen LogP contribution in [0.1, 0.15) is 6.92 Å². The normalized spacial score (nSPS) is 8.50. The Bertz CT molecular complexity index is 260. The molecule has 0 saturated carbocycles. The Morgan fingerprint density at radius 2 is 1.83 bits per heavy atom. The summed E-state index contributed by atoms with van der Waals surface area (Å²) in [4.78, 5) is 10.6. The van der Waals surface area contributed by atoms with Crippen LogP contribution in [0.4, 0.5) is 5.69 Å². The van der Waals surface area contributed by atoms with Gasteiger partial charge in [0.15, 0.2) is 0 Å². The van der Waals surface area contributed by atoms with Crippen molar-refractivity contribution in [3.8, 4) is 0 Å². The standard InChI is InChI=1S/C8H8NO.ClH.Sb.2H/c1-7(10)9-8-5-3-2-4-6-8;;;;/h3-6H,1H3,(H,9,10);1H;;;. The fourth-order valence-electron chi connectivity index (χ4n) is 0.770. The second kappa shape index (κ2) is 5.45. The maximum Gasteiger partial charge on any atom is -0.147 e. The second-order valence-electron chi connectivity index (χ2n) is 2.30. The molecule has 1 aromatic carbocycles. The van der Waals surface area contributed by atoms with Gasteiger partial charge < -0.3 is 0 Å². The molecule has 0 aliphatic heterocycles. The van der Waals surface area contributed by atoms with E-state index in [9.17, 15) is 4.79 Å². The molecule has 1 aromatic rings. The molecule has 0 fully saturated rings. The van der Waals surface area contributed by atoms with Crippen LogP contribution in [0, 0.1) is 0 Å². The van der Waals surface area contributed by atoms with Gasteiger partial charge in [0.25, 0.3) is 0 Å². The molecular formula is C8H11ClNOSb. The van der Waals surface area contributed by atoms with Crippen molar-refractivity contribution < 1.29 is 4.79 Å². The number of amides is 1. The van der Waals surface area contributed by atoms with Gasteiger partial charge in [-0.3, -0.25) is 0 Å². The Morgan fingerprint density at radius 3 is 2.25 bits per heavy atom. The second-order valence-corrected chi connectivity index (χ2v) is 4.21. The van der Waals surface area contributed by atoms with Crippen LogP contribution in [-0.4, -0.2) is 28.9 Å². The molecule has 1 N–H and O–H groups in total. The third kappa shape index (κ3) is 3.98. The number of nitrogens with one attached hydrogen (secondary N) is 1. The zero-order valence-electron chi connectivity index (χ0n) is 6.70. The molecule has 4 heteroatoms. The molecule has 2 nitrogen and oxygen atoms in total. The molecule has 0 saturated heterocycles. The smallest absolute Gasteiger partial charge is 0.147 e. The van der Waals surface area contributed by atoms with Gasteiger partial charge in [-0.05, 0) is 0 Å². The van der Waals surface area contributed by atoms with Crippen LogP contribution >= 0.6 is 12.4 Å². The first-order valence-electron chi connectivity index (χ1n) is 3.31. The summed E-state index contributed by atoms with van der Waals surface area (Å²) in [6.07, 6.45) is 0. The van der Waals surface area contributed by atoms with E-state index < -0.39 is 0 Å². The van der Waals surface area contributed by atoms with Gasteiger partial charge in [0.1, 0.15) is 0 Å². The first-order chi connectivity index (χ1) is 5.18. The summed E-state index contributed by atoms with van der Waals surface area (Å²) in [6, 6.07) is 7.88. The van der Waals surface area contributed by atoms with Gasteiger partial charge in [-0.2, -0.15) is 0 Å². The zero-order chi connectivity index (χ0) is 8.27. The molecule has 12 heavy (non-hydrogen) atoms. The first kappa shape index (κ1) is 11.8. The maximum atomic E-state index is 10.6. The van der Waals surface area contributed by atoms with Gasteiger partial charge in [0.05, 0.1) is 0 Å². The van der Waals surface area contributed by atoms with E-state index in [4.69, 9.17) is 0 Å². The minimum absolute atomic E-state index is 0. The van der Waals surface area contributed by atoms with Crippen LogP contribution in [0.5, 0.6) is 0 Å². The van der Waals surface area contributed by atoms with Crippen LogP contribution < -0.4 is 8.83 Å². The molecule has 1 rings (SSSR count). The van der Waals surface area contributed by atoms with Gasteiger partial charge in [-0.1, -0.05) is 0 Å². The molecule has 66 valence electrons. The van der Waals surface area contributed by atoms with Crippen LogP contribution in [-0.2, 0) is 4.79 Å². The van der Waals surface area contributed by atoms with Gasteiger partial charge in [-0.15, -0.1) is 12.4 Å². The quantitative estimate of drug-likeness (QED) is 0.743. The average Bonchev–Trinajstić information content (AvgIpc) is 1.93. The Morgan fingerprint density at radius 1 is 1.33 bits per heavy atom. The number of halogens is 1. The minimum atomic E-state index is -0.0229. The first-order valence-corrected chi connectivity index (χ1v) is 4.96. The summed E-state index contributed by atoms with van der Waals surface area (Å²) in [6.45, 7) is 1.51. The Kier molecular flexibility index (Phi) is 5.35. The fraction of sp³-hybridized carbons (Fsp3) is 0.125. The van der Waals surface area contributed by atoms with Gasteiger partial charge in [0.2, 0.25) is 0 Å². The number of anilines is 1. The molecule has 0 unspecified atom stereocenters. The largest absolute Gasteiger partial charge is 0.147 e. The van der Waals surface area contributed by atoms with E-state index in [0.717, 1.165) is 28.7 Å². The van der Waals surface area contributed by atoms with Crippen LogP contribution in [0.3, 0.4) is 0 Å². The third-order valence-electron chi connectivity index (χ3n) is 1.23. The van der Waals surface area contributed by atoms with Crippen molar-refractivity contribution in [1.29, 1.82) is 0 Å². The molecule has 0 bridgehead atoms. The molecule has 0 aliphatic rings. The number of hydrogen-bond donors (Lipinski definition) is 1.